The maximum Gasteiger partial charge on any atom is 0.131 e. The quantitative estimate of drug-likeness (QED) is 0.802. The van der Waals surface area contributed by atoms with Crippen LogP contribution in [0.2, 0.25) is 0 Å². The van der Waals surface area contributed by atoms with Crippen LogP contribution in [0.4, 0.5) is 11.6 Å². The van der Waals surface area contributed by atoms with Gasteiger partial charge in [0.15, 0.2) is 0 Å². The van der Waals surface area contributed by atoms with Crippen LogP contribution < -0.4 is 10.6 Å². The first-order valence-corrected chi connectivity index (χ1v) is 7.86. The number of likely N-dealkylation sites (tertiary alicyclic amines) is 1. The van der Waals surface area contributed by atoms with E-state index in [0.717, 1.165) is 24.6 Å². The highest BCUT2D eigenvalue weighted by Gasteiger charge is 2.18. The minimum Gasteiger partial charge on any atom is -0.370 e. The van der Waals surface area contributed by atoms with Crippen LogP contribution in [-0.2, 0) is 0 Å². The van der Waals surface area contributed by atoms with Gasteiger partial charge >= 0.3 is 0 Å². The molecular formula is C15H27N5. The molecule has 1 fully saturated rings. The zero-order valence-electron chi connectivity index (χ0n) is 12.7. The number of hydrogen-bond acceptors (Lipinski definition) is 5. The first-order valence-electron chi connectivity index (χ1n) is 7.86. The van der Waals surface area contributed by atoms with Crippen molar-refractivity contribution < 1.29 is 0 Å². The van der Waals surface area contributed by atoms with Gasteiger partial charge in [0.2, 0.25) is 0 Å². The Morgan fingerprint density at radius 3 is 2.60 bits per heavy atom. The molecule has 0 radical (unpaired) electrons. The van der Waals surface area contributed by atoms with Gasteiger partial charge in [-0.05, 0) is 32.2 Å². The summed E-state index contributed by atoms with van der Waals surface area (Å²) in [6, 6.07) is 2.55. The molecule has 20 heavy (non-hydrogen) atoms. The summed E-state index contributed by atoms with van der Waals surface area (Å²) in [4.78, 5) is 11.1. The van der Waals surface area contributed by atoms with E-state index >= 15 is 0 Å². The van der Waals surface area contributed by atoms with E-state index in [0.29, 0.717) is 6.04 Å². The number of nitrogens with one attached hydrogen (secondary N) is 2. The molecule has 1 aliphatic rings. The maximum absolute atomic E-state index is 4.32. The van der Waals surface area contributed by atoms with Crippen LogP contribution in [0.3, 0.4) is 0 Å². The van der Waals surface area contributed by atoms with E-state index in [1.165, 1.54) is 38.9 Å². The lowest BCUT2D eigenvalue weighted by molar-refractivity contribution is 0.219. The summed E-state index contributed by atoms with van der Waals surface area (Å²) >= 11 is 0. The molecule has 0 unspecified atom stereocenters. The highest BCUT2D eigenvalue weighted by molar-refractivity contribution is 5.46. The molecule has 2 heterocycles. The zero-order chi connectivity index (χ0) is 14.2. The lowest BCUT2D eigenvalue weighted by Crippen LogP contribution is -2.39. The van der Waals surface area contributed by atoms with Crippen molar-refractivity contribution in [3.8, 4) is 0 Å². The third-order valence-corrected chi connectivity index (χ3v) is 3.70. The minimum atomic E-state index is 0.539. The van der Waals surface area contributed by atoms with Gasteiger partial charge in [-0.15, -0.1) is 0 Å². The topological polar surface area (TPSA) is 53.1 Å². The third kappa shape index (κ3) is 4.63. The van der Waals surface area contributed by atoms with Gasteiger partial charge in [0, 0.05) is 31.7 Å². The molecular weight excluding hydrogens is 250 g/mol. The molecule has 0 spiro atoms. The first-order chi connectivity index (χ1) is 9.81. The number of hydrogen-bond donors (Lipinski definition) is 2. The number of nitrogens with zero attached hydrogens (tertiary/aromatic N) is 3. The van der Waals surface area contributed by atoms with E-state index in [1.54, 1.807) is 6.33 Å². The zero-order valence-corrected chi connectivity index (χ0v) is 12.7. The van der Waals surface area contributed by atoms with Crippen LogP contribution in [0, 0.1) is 0 Å². The molecule has 1 aromatic heterocycles. The van der Waals surface area contributed by atoms with Crippen molar-refractivity contribution in [3.05, 3.63) is 12.4 Å². The molecule has 0 aromatic carbocycles. The predicted molar refractivity (Wildman–Crippen MR) is 84.2 cm³/mol. The second kappa shape index (κ2) is 8.04. The number of anilines is 2. The molecule has 2 N–H and O–H groups in total. The van der Waals surface area contributed by atoms with E-state index < -0.39 is 0 Å². The average molecular weight is 277 g/mol. The second-order valence-corrected chi connectivity index (χ2v) is 5.48. The lowest BCUT2D eigenvalue weighted by Gasteiger charge is -2.32. The van der Waals surface area contributed by atoms with Crippen LogP contribution >= 0.6 is 0 Å². The summed E-state index contributed by atoms with van der Waals surface area (Å²) < 4.78 is 0. The van der Waals surface area contributed by atoms with Gasteiger partial charge in [-0.2, -0.15) is 0 Å². The summed E-state index contributed by atoms with van der Waals surface area (Å²) in [5.74, 6) is 1.85. The number of aromatic nitrogens is 2. The summed E-state index contributed by atoms with van der Waals surface area (Å²) in [5, 5.41) is 6.84. The highest BCUT2D eigenvalue weighted by atomic mass is 15.1. The largest absolute Gasteiger partial charge is 0.370 e. The van der Waals surface area contributed by atoms with Crippen molar-refractivity contribution in [1.82, 2.24) is 14.9 Å². The fraction of sp³-hybridized carbons (Fsp3) is 0.733. The SMILES string of the molecule is CCCNc1cc(NC2CCN(CCC)CC2)ncn1. The Bertz CT molecular complexity index is 388. The minimum absolute atomic E-state index is 0.539. The Balaban J connectivity index is 1.81. The Morgan fingerprint density at radius 1 is 1.15 bits per heavy atom. The molecule has 0 saturated carbocycles. The van der Waals surface area contributed by atoms with Crippen LogP contribution in [0.25, 0.3) is 0 Å². The second-order valence-electron chi connectivity index (χ2n) is 5.48. The van der Waals surface area contributed by atoms with Crippen molar-refractivity contribution in [1.29, 1.82) is 0 Å². The first kappa shape index (κ1) is 15.0. The summed E-state index contributed by atoms with van der Waals surface area (Å²) in [5.41, 5.74) is 0. The van der Waals surface area contributed by atoms with E-state index in [9.17, 15) is 0 Å². The normalized spacial score (nSPS) is 17.1. The van der Waals surface area contributed by atoms with Crippen LogP contribution in [0.1, 0.15) is 39.5 Å². The molecule has 1 aromatic rings. The molecule has 112 valence electrons. The number of piperidine rings is 1. The van der Waals surface area contributed by atoms with E-state index in [1.807, 2.05) is 6.07 Å². The van der Waals surface area contributed by atoms with Gasteiger partial charge in [0.1, 0.15) is 18.0 Å². The van der Waals surface area contributed by atoms with Gasteiger partial charge in [-0.25, -0.2) is 9.97 Å². The lowest BCUT2D eigenvalue weighted by atomic mass is 10.0. The fourth-order valence-corrected chi connectivity index (χ4v) is 2.61. The van der Waals surface area contributed by atoms with E-state index in [-0.39, 0.29) is 0 Å². The number of rotatable bonds is 7. The molecule has 5 nitrogen and oxygen atoms in total. The van der Waals surface area contributed by atoms with E-state index in [2.05, 4.69) is 39.3 Å². The van der Waals surface area contributed by atoms with Gasteiger partial charge < -0.3 is 15.5 Å². The predicted octanol–water partition coefficient (Wildman–Crippen LogP) is 2.58. The Labute approximate surface area is 122 Å². The third-order valence-electron chi connectivity index (χ3n) is 3.70. The molecule has 5 heteroatoms. The Kier molecular flexibility index (Phi) is 6.05. The molecule has 0 bridgehead atoms. The van der Waals surface area contributed by atoms with Gasteiger partial charge in [0.25, 0.3) is 0 Å². The molecule has 2 rings (SSSR count). The van der Waals surface area contributed by atoms with Gasteiger partial charge in [-0.3, -0.25) is 0 Å². The van der Waals surface area contributed by atoms with Gasteiger partial charge in [0.05, 0.1) is 0 Å². The summed E-state index contributed by atoms with van der Waals surface area (Å²) in [6.07, 6.45) is 6.37. The maximum atomic E-state index is 4.32. The van der Waals surface area contributed by atoms with Crippen molar-refractivity contribution in [2.24, 2.45) is 0 Å². The molecule has 0 aliphatic carbocycles. The highest BCUT2D eigenvalue weighted by Crippen LogP contribution is 2.16. The summed E-state index contributed by atoms with van der Waals surface area (Å²) in [7, 11) is 0. The van der Waals surface area contributed by atoms with Crippen molar-refractivity contribution in [3.63, 3.8) is 0 Å². The standard InChI is InChI=1S/C15H27N5/c1-3-7-16-14-11-15(18-12-17-14)19-13-5-9-20(8-4-2)10-6-13/h11-13H,3-10H2,1-2H3,(H2,16,17,18,19). The van der Waals surface area contributed by atoms with Crippen molar-refractivity contribution in [2.45, 2.75) is 45.6 Å². The molecule has 0 amide bonds. The van der Waals surface area contributed by atoms with Gasteiger partial charge in [-0.1, -0.05) is 13.8 Å². The van der Waals surface area contributed by atoms with Crippen LogP contribution in [0.15, 0.2) is 12.4 Å². The average Bonchev–Trinajstić information content (AvgIpc) is 2.48. The van der Waals surface area contributed by atoms with Crippen molar-refractivity contribution in [2.75, 3.05) is 36.8 Å². The van der Waals surface area contributed by atoms with Crippen LogP contribution in [0.5, 0.6) is 0 Å². The van der Waals surface area contributed by atoms with E-state index in [4.69, 9.17) is 0 Å². The molecule has 1 aliphatic heterocycles. The molecule has 0 atom stereocenters. The Morgan fingerprint density at radius 2 is 1.90 bits per heavy atom. The molecule has 1 saturated heterocycles. The fourth-order valence-electron chi connectivity index (χ4n) is 2.61. The van der Waals surface area contributed by atoms with Crippen molar-refractivity contribution >= 4 is 11.6 Å². The smallest absolute Gasteiger partial charge is 0.131 e. The Hall–Kier alpha value is -1.36. The van der Waals surface area contributed by atoms with Crippen LogP contribution in [-0.4, -0.2) is 47.1 Å². The summed E-state index contributed by atoms with van der Waals surface area (Å²) in [6.45, 7) is 8.96. The monoisotopic (exact) mass is 277 g/mol.